The molecule has 0 amide bonds. The Kier molecular flexibility index (Phi) is 2.67. The van der Waals surface area contributed by atoms with Gasteiger partial charge in [0.25, 0.3) is 0 Å². The van der Waals surface area contributed by atoms with E-state index >= 15 is 0 Å². The number of carboxylic acids is 1. The van der Waals surface area contributed by atoms with Crippen LogP contribution in [0.4, 0.5) is 13.2 Å². The molecule has 2 saturated carbocycles. The predicted octanol–water partition coefficient (Wildman–Crippen LogP) is 3.22. The Hall–Kier alpha value is -0.740. The summed E-state index contributed by atoms with van der Waals surface area (Å²) in [7, 11) is 0. The number of hydrogen-bond acceptors (Lipinski definition) is 1. The minimum atomic E-state index is -4.16. The third kappa shape index (κ3) is 1.92. The van der Waals surface area contributed by atoms with Gasteiger partial charge in [0.1, 0.15) is 0 Å². The molecule has 1 N–H and O–H groups in total. The standard InChI is InChI=1S/C11H15F3O2/c12-11(13,14)8-3-1-2-7(6-8)10(4-5-10)9(15)16/h7-8H,1-6H2,(H,15,16). The first-order valence-corrected chi connectivity index (χ1v) is 5.66. The summed E-state index contributed by atoms with van der Waals surface area (Å²) < 4.78 is 37.7. The summed E-state index contributed by atoms with van der Waals surface area (Å²) in [5.74, 6) is -2.46. The molecule has 0 radical (unpaired) electrons. The van der Waals surface area contributed by atoms with Crippen LogP contribution in [0.5, 0.6) is 0 Å². The van der Waals surface area contributed by atoms with E-state index in [-0.39, 0.29) is 18.8 Å². The Morgan fingerprint density at radius 1 is 1.25 bits per heavy atom. The van der Waals surface area contributed by atoms with Crippen LogP contribution < -0.4 is 0 Å². The van der Waals surface area contributed by atoms with Crippen LogP contribution >= 0.6 is 0 Å². The van der Waals surface area contributed by atoms with Gasteiger partial charge in [0.2, 0.25) is 0 Å². The van der Waals surface area contributed by atoms with Gasteiger partial charge in [-0.1, -0.05) is 6.42 Å². The van der Waals surface area contributed by atoms with E-state index in [0.717, 1.165) is 0 Å². The first-order chi connectivity index (χ1) is 7.36. The van der Waals surface area contributed by atoms with E-state index in [9.17, 15) is 18.0 Å². The number of carbonyl (C=O) groups is 1. The molecule has 5 heteroatoms. The monoisotopic (exact) mass is 236 g/mol. The van der Waals surface area contributed by atoms with Gasteiger partial charge in [-0.15, -0.1) is 0 Å². The fourth-order valence-corrected chi connectivity index (χ4v) is 2.92. The molecule has 0 saturated heterocycles. The van der Waals surface area contributed by atoms with Crippen molar-refractivity contribution in [2.45, 2.75) is 44.7 Å². The maximum atomic E-state index is 12.6. The molecule has 2 rings (SSSR count). The van der Waals surface area contributed by atoms with Gasteiger partial charge in [-0.3, -0.25) is 4.79 Å². The largest absolute Gasteiger partial charge is 0.481 e. The first kappa shape index (κ1) is 11.7. The Morgan fingerprint density at radius 3 is 2.31 bits per heavy atom. The van der Waals surface area contributed by atoms with Crippen molar-refractivity contribution in [2.75, 3.05) is 0 Å². The van der Waals surface area contributed by atoms with Crippen molar-refractivity contribution in [1.29, 1.82) is 0 Å². The zero-order chi connectivity index (χ0) is 12.0. The molecule has 0 aromatic carbocycles. The smallest absolute Gasteiger partial charge is 0.391 e. The topological polar surface area (TPSA) is 37.3 Å². The quantitative estimate of drug-likeness (QED) is 0.799. The number of halogens is 3. The molecule has 92 valence electrons. The fraction of sp³-hybridized carbons (Fsp3) is 0.909. The van der Waals surface area contributed by atoms with Gasteiger partial charge >= 0.3 is 12.1 Å². The molecule has 2 aliphatic rings. The summed E-state index contributed by atoms with van der Waals surface area (Å²) in [5.41, 5.74) is -0.816. The lowest BCUT2D eigenvalue weighted by Crippen LogP contribution is -2.35. The Bertz CT molecular complexity index is 294. The normalized spacial score (nSPS) is 33.4. The summed E-state index contributed by atoms with van der Waals surface area (Å²) in [4.78, 5) is 11.1. The van der Waals surface area contributed by atoms with Crippen LogP contribution in [0.2, 0.25) is 0 Å². The van der Waals surface area contributed by atoms with Gasteiger partial charge in [0.05, 0.1) is 11.3 Å². The van der Waals surface area contributed by atoms with Crippen molar-refractivity contribution in [3.05, 3.63) is 0 Å². The van der Waals surface area contributed by atoms with Gasteiger partial charge in [-0.05, 0) is 38.0 Å². The van der Waals surface area contributed by atoms with Crippen LogP contribution in [-0.2, 0) is 4.79 Å². The number of rotatable bonds is 2. The van der Waals surface area contributed by atoms with Crippen molar-refractivity contribution < 1.29 is 23.1 Å². The highest BCUT2D eigenvalue weighted by Crippen LogP contribution is 2.58. The summed E-state index contributed by atoms with van der Waals surface area (Å²) >= 11 is 0. The van der Waals surface area contributed by atoms with E-state index in [0.29, 0.717) is 25.7 Å². The molecule has 0 bridgehead atoms. The van der Waals surface area contributed by atoms with E-state index in [2.05, 4.69) is 0 Å². The van der Waals surface area contributed by atoms with Crippen LogP contribution in [0, 0.1) is 17.3 Å². The van der Waals surface area contributed by atoms with Crippen LogP contribution in [0.1, 0.15) is 38.5 Å². The lowest BCUT2D eigenvalue weighted by molar-refractivity contribution is -0.189. The van der Waals surface area contributed by atoms with E-state index in [1.807, 2.05) is 0 Å². The molecule has 16 heavy (non-hydrogen) atoms. The summed E-state index contributed by atoms with van der Waals surface area (Å²) in [6, 6.07) is 0. The molecule has 2 nitrogen and oxygen atoms in total. The number of alkyl halides is 3. The molecule has 0 aliphatic heterocycles. The highest BCUT2D eigenvalue weighted by molar-refractivity contribution is 5.78. The van der Waals surface area contributed by atoms with Gasteiger partial charge in [0.15, 0.2) is 0 Å². The summed E-state index contributed by atoms with van der Waals surface area (Å²) in [5, 5.41) is 9.06. The lowest BCUT2D eigenvalue weighted by Gasteiger charge is -2.33. The lowest BCUT2D eigenvalue weighted by atomic mass is 9.73. The van der Waals surface area contributed by atoms with Crippen LogP contribution in [0.3, 0.4) is 0 Å². The van der Waals surface area contributed by atoms with Crippen molar-refractivity contribution in [3.63, 3.8) is 0 Å². The molecule has 0 aromatic heterocycles. The molecule has 2 unspecified atom stereocenters. The van der Waals surface area contributed by atoms with Crippen molar-refractivity contribution >= 4 is 5.97 Å². The first-order valence-electron chi connectivity index (χ1n) is 5.66. The van der Waals surface area contributed by atoms with Gasteiger partial charge in [-0.2, -0.15) is 13.2 Å². The predicted molar refractivity (Wildman–Crippen MR) is 50.8 cm³/mol. The van der Waals surface area contributed by atoms with Crippen LogP contribution in [-0.4, -0.2) is 17.3 Å². The molecular weight excluding hydrogens is 221 g/mol. The zero-order valence-electron chi connectivity index (χ0n) is 8.89. The second-order valence-electron chi connectivity index (χ2n) is 5.06. The number of aliphatic carboxylic acids is 1. The van der Waals surface area contributed by atoms with E-state index in [1.165, 1.54) is 0 Å². The summed E-state index contributed by atoms with van der Waals surface area (Å²) in [6.45, 7) is 0. The molecule has 0 spiro atoms. The SMILES string of the molecule is O=C(O)C1(C2CCCC(C(F)(F)F)C2)CC1. The Morgan fingerprint density at radius 2 is 1.88 bits per heavy atom. The summed E-state index contributed by atoms with van der Waals surface area (Å²) in [6.07, 6.45) is -1.74. The third-order valence-corrected chi connectivity index (χ3v) is 4.13. The minimum absolute atomic E-state index is 0.00972. The van der Waals surface area contributed by atoms with E-state index in [1.54, 1.807) is 0 Å². The Balaban J connectivity index is 2.05. The van der Waals surface area contributed by atoms with Crippen molar-refractivity contribution in [1.82, 2.24) is 0 Å². The second kappa shape index (κ2) is 3.64. The minimum Gasteiger partial charge on any atom is -0.481 e. The average molecular weight is 236 g/mol. The zero-order valence-corrected chi connectivity index (χ0v) is 8.89. The van der Waals surface area contributed by atoms with Crippen LogP contribution in [0.15, 0.2) is 0 Å². The maximum Gasteiger partial charge on any atom is 0.391 e. The average Bonchev–Trinajstić information content (AvgIpc) is 2.97. The maximum absolute atomic E-state index is 12.6. The molecule has 2 fully saturated rings. The van der Waals surface area contributed by atoms with Crippen molar-refractivity contribution in [3.8, 4) is 0 Å². The Labute approximate surface area is 91.8 Å². The molecular formula is C11H15F3O2. The fourth-order valence-electron chi connectivity index (χ4n) is 2.92. The van der Waals surface area contributed by atoms with E-state index in [4.69, 9.17) is 5.11 Å². The molecule has 0 heterocycles. The third-order valence-electron chi connectivity index (χ3n) is 4.13. The highest BCUT2D eigenvalue weighted by atomic mass is 19.4. The number of carboxylic acid groups (broad SMARTS) is 1. The molecule has 0 aromatic rings. The van der Waals surface area contributed by atoms with E-state index < -0.39 is 23.5 Å². The van der Waals surface area contributed by atoms with Gasteiger partial charge < -0.3 is 5.11 Å². The van der Waals surface area contributed by atoms with Gasteiger partial charge in [-0.25, -0.2) is 0 Å². The second-order valence-corrected chi connectivity index (χ2v) is 5.06. The van der Waals surface area contributed by atoms with Crippen molar-refractivity contribution in [2.24, 2.45) is 17.3 Å². The van der Waals surface area contributed by atoms with Gasteiger partial charge in [0, 0.05) is 0 Å². The highest BCUT2D eigenvalue weighted by Gasteiger charge is 2.58. The molecule has 2 atom stereocenters. The molecule has 2 aliphatic carbocycles. The number of hydrogen-bond donors (Lipinski definition) is 1. The van der Waals surface area contributed by atoms with Crippen LogP contribution in [0.25, 0.3) is 0 Å².